The molecule has 0 bridgehead atoms. The Morgan fingerprint density at radius 2 is 2.11 bits per heavy atom. The third-order valence-electron chi connectivity index (χ3n) is 3.79. The van der Waals surface area contributed by atoms with E-state index in [4.69, 9.17) is 11.6 Å². The maximum absolute atomic E-state index is 12.6. The summed E-state index contributed by atoms with van der Waals surface area (Å²) in [5, 5.41) is 9.84. The van der Waals surface area contributed by atoms with E-state index in [0.717, 1.165) is 11.3 Å². The molecule has 0 aromatic heterocycles. The van der Waals surface area contributed by atoms with Crippen molar-refractivity contribution < 1.29 is 4.79 Å². The third kappa shape index (κ3) is 2.11. The standard InChI is InChI=1S/C15H17ClN2O/c1-14(2,9-17)8-15(3)11-7-10(16)5-6-12(11)18(4)13(15)19/h5-7H,8H2,1-4H3. The van der Waals surface area contributed by atoms with Crippen LogP contribution < -0.4 is 4.90 Å². The molecule has 0 saturated heterocycles. The Hall–Kier alpha value is -1.53. The molecule has 1 atom stereocenters. The summed E-state index contributed by atoms with van der Waals surface area (Å²) in [4.78, 5) is 14.2. The lowest BCUT2D eigenvalue weighted by molar-refractivity contribution is -0.123. The molecule has 3 nitrogen and oxygen atoms in total. The van der Waals surface area contributed by atoms with E-state index in [0.29, 0.717) is 11.4 Å². The fraction of sp³-hybridized carbons (Fsp3) is 0.467. The van der Waals surface area contributed by atoms with Gasteiger partial charge in [-0.1, -0.05) is 11.6 Å². The predicted octanol–water partition coefficient (Wildman–Crippen LogP) is 3.51. The number of anilines is 1. The number of nitriles is 1. The Bertz CT molecular complexity index is 588. The van der Waals surface area contributed by atoms with Crippen LogP contribution in [0.5, 0.6) is 0 Å². The van der Waals surface area contributed by atoms with Crippen molar-refractivity contribution in [2.75, 3.05) is 11.9 Å². The number of benzene rings is 1. The Balaban J connectivity index is 2.57. The van der Waals surface area contributed by atoms with Crippen LogP contribution in [0.15, 0.2) is 18.2 Å². The van der Waals surface area contributed by atoms with Crippen LogP contribution in [0, 0.1) is 16.7 Å². The molecule has 1 aliphatic heterocycles. The van der Waals surface area contributed by atoms with Crippen LogP contribution in [-0.4, -0.2) is 13.0 Å². The molecule has 0 saturated carbocycles. The highest BCUT2D eigenvalue weighted by atomic mass is 35.5. The van der Waals surface area contributed by atoms with Gasteiger partial charge in [-0.05, 0) is 51.0 Å². The molecule has 1 unspecified atom stereocenters. The maximum atomic E-state index is 12.6. The van der Waals surface area contributed by atoms with Crippen molar-refractivity contribution >= 4 is 23.2 Å². The molecule has 4 heteroatoms. The zero-order valence-corrected chi connectivity index (χ0v) is 12.4. The number of carbonyl (C=O) groups is 1. The van der Waals surface area contributed by atoms with Crippen molar-refractivity contribution in [3.8, 4) is 6.07 Å². The number of amides is 1. The highest BCUT2D eigenvalue weighted by Crippen LogP contribution is 2.47. The number of fused-ring (bicyclic) bond motifs is 1. The molecule has 1 amide bonds. The minimum absolute atomic E-state index is 0.0214. The van der Waals surface area contributed by atoms with Gasteiger partial charge in [0.1, 0.15) is 0 Å². The maximum Gasteiger partial charge on any atom is 0.237 e. The second kappa shape index (κ2) is 4.25. The second-order valence-corrected chi connectivity index (χ2v) is 6.47. The van der Waals surface area contributed by atoms with Gasteiger partial charge in [0.15, 0.2) is 0 Å². The summed E-state index contributed by atoms with van der Waals surface area (Å²) >= 11 is 6.06. The molecule has 0 spiro atoms. The number of rotatable bonds is 2. The fourth-order valence-corrected chi connectivity index (χ4v) is 3.10. The van der Waals surface area contributed by atoms with Gasteiger partial charge in [0.05, 0.1) is 16.9 Å². The summed E-state index contributed by atoms with van der Waals surface area (Å²) in [6.07, 6.45) is 0.479. The summed E-state index contributed by atoms with van der Waals surface area (Å²) in [6.45, 7) is 5.61. The molecule has 100 valence electrons. The molecule has 0 radical (unpaired) electrons. The van der Waals surface area contributed by atoms with Crippen LogP contribution in [0.2, 0.25) is 5.02 Å². The Kier molecular flexibility index (Phi) is 3.10. The Labute approximate surface area is 118 Å². The third-order valence-corrected chi connectivity index (χ3v) is 4.02. The van der Waals surface area contributed by atoms with Gasteiger partial charge in [-0.3, -0.25) is 4.79 Å². The van der Waals surface area contributed by atoms with Gasteiger partial charge >= 0.3 is 0 Å². The molecule has 0 N–H and O–H groups in total. The molecule has 1 aliphatic rings. The van der Waals surface area contributed by atoms with Gasteiger partial charge < -0.3 is 4.90 Å². The summed E-state index contributed by atoms with van der Waals surface area (Å²) < 4.78 is 0. The monoisotopic (exact) mass is 276 g/mol. The molecule has 0 fully saturated rings. The minimum Gasteiger partial charge on any atom is -0.314 e. The van der Waals surface area contributed by atoms with Crippen molar-refractivity contribution in [2.24, 2.45) is 5.41 Å². The van der Waals surface area contributed by atoms with Crippen molar-refractivity contribution in [2.45, 2.75) is 32.6 Å². The van der Waals surface area contributed by atoms with E-state index in [1.165, 1.54) is 0 Å². The number of halogens is 1. The van der Waals surface area contributed by atoms with Crippen LogP contribution >= 0.6 is 11.6 Å². The SMILES string of the molecule is CN1C(=O)C(C)(CC(C)(C)C#N)c2cc(Cl)ccc21. The van der Waals surface area contributed by atoms with E-state index in [1.54, 1.807) is 18.0 Å². The molecular formula is C15H17ClN2O. The van der Waals surface area contributed by atoms with Crippen molar-refractivity contribution in [3.63, 3.8) is 0 Å². The predicted molar refractivity (Wildman–Crippen MR) is 76.2 cm³/mol. The summed E-state index contributed by atoms with van der Waals surface area (Å²) in [6, 6.07) is 7.75. The smallest absolute Gasteiger partial charge is 0.237 e. The van der Waals surface area contributed by atoms with Crippen molar-refractivity contribution in [1.82, 2.24) is 0 Å². The zero-order valence-electron chi connectivity index (χ0n) is 11.6. The first-order chi connectivity index (χ1) is 8.71. The molecule has 1 aromatic rings. The van der Waals surface area contributed by atoms with Gasteiger partial charge in [0.25, 0.3) is 0 Å². The van der Waals surface area contributed by atoms with Gasteiger partial charge in [0, 0.05) is 17.8 Å². The Morgan fingerprint density at radius 1 is 1.47 bits per heavy atom. The van der Waals surface area contributed by atoms with Gasteiger partial charge in [-0.15, -0.1) is 0 Å². The number of hydrogen-bond donors (Lipinski definition) is 0. The van der Waals surface area contributed by atoms with Crippen molar-refractivity contribution in [1.29, 1.82) is 5.26 Å². The van der Waals surface area contributed by atoms with Crippen LogP contribution in [-0.2, 0) is 10.2 Å². The lowest BCUT2D eigenvalue weighted by atomic mass is 9.71. The number of likely N-dealkylation sites (N-methyl/N-ethyl adjacent to an activating group) is 1. The Morgan fingerprint density at radius 3 is 2.68 bits per heavy atom. The number of carbonyl (C=O) groups excluding carboxylic acids is 1. The highest BCUT2D eigenvalue weighted by Gasteiger charge is 2.48. The highest BCUT2D eigenvalue weighted by molar-refractivity contribution is 6.31. The molecule has 0 aliphatic carbocycles. The molecule has 2 rings (SSSR count). The van der Waals surface area contributed by atoms with Crippen molar-refractivity contribution in [3.05, 3.63) is 28.8 Å². The largest absolute Gasteiger partial charge is 0.314 e. The number of nitrogens with zero attached hydrogens (tertiary/aromatic N) is 2. The molecule has 1 aromatic carbocycles. The summed E-state index contributed by atoms with van der Waals surface area (Å²) in [5.41, 5.74) is 0.546. The first-order valence-electron chi connectivity index (χ1n) is 6.21. The lowest BCUT2D eigenvalue weighted by Crippen LogP contribution is -2.39. The van der Waals surface area contributed by atoms with Crippen LogP contribution in [0.25, 0.3) is 0 Å². The quantitative estimate of drug-likeness (QED) is 0.830. The normalized spacial score (nSPS) is 22.3. The molecular weight excluding hydrogens is 260 g/mol. The van der Waals surface area contributed by atoms with E-state index >= 15 is 0 Å². The van der Waals surface area contributed by atoms with E-state index in [1.807, 2.05) is 32.9 Å². The van der Waals surface area contributed by atoms with E-state index in [-0.39, 0.29) is 5.91 Å². The van der Waals surface area contributed by atoms with Crippen LogP contribution in [0.1, 0.15) is 32.8 Å². The van der Waals surface area contributed by atoms with E-state index in [9.17, 15) is 10.1 Å². The molecule has 1 heterocycles. The van der Waals surface area contributed by atoms with Gasteiger partial charge in [-0.25, -0.2) is 0 Å². The summed E-state index contributed by atoms with van der Waals surface area (Å²) in [7, 11) is 1.76. The fourth-order valence-electron chi connectivity index (χ4n) is 2.93. The lowest BCUT2D eigenvalue weighted by Gasteiger charge is -2.29. The number of hydrogen-bond acceptors (Lipinski definition) is 2. The zero-order chi connectivity index (χ0) is 14.4. The summed E-state index contributed by atoms with van der Waals surface area (Å²) in [5.74, 6) is 0.0214. The van der Waals surface area contributed by atoms with Gasteiger partial charge in [-0.2, -0.15) is 5.26 Å². The van der Waals surface area contributed by atoms with E-state index in [2.05, 4.69) is 6.07 Å². The first-order valence-corrected chi connectivity index (χ1v) is 6.58. The van der Waals surface area contributed by atoms with Crippen LogP contribution in [0.3, 0.4) is 0 Å². The van der Waals surface area contributed by atoms with Gasteiger partial charge in [0.2, 0.25) is 5.91 Å². The average Bonchev–Trinajstić information content (AvgIpc) is 2.51. The molecule has 19 heavy (non-hydrogen) atoms. The minimum atomic E-state index is -0.686. The second-order valence-electron chi connectivity index (χ2n) is 6.03. The first kappa shape index (κ1) is 13.9. The van der Waals surface area contributed by atoms with E-state index < -0.39 is 10.8 Å². The van der Waals surface area contributed by atoms with Crippen LogP contribution in [0.4, 0.5) is 5.69 Å². The average molecular weight is 277 g/mol. The topological polar surface area (TPSA) is 44.1 Å².